The van der Waals surface area contributed by atoms with Crippen molar-refractivity contribution in [3.8, 4) is 0 Å². The number of alkyl halides is 1. The van der Waals surface area contributed by atoms with Crippen molar-refractivity contribution in [1.82, 2.24) is 0 Å². The third kappa shape index (κ3) is 1.73. The number of hydrogen-bond acceptors (Lipinski definition) is 3. The summed E-state index contributed by atoms with van der Waals surface area (Å²) in [6, 6.07) is 0. The molecule has 0 aromatic carbocycles. The van der Waals surface area contributed by atoms with Crippen LogP contribution in [0.2, 0.25) is 0 Å². The Morgan fingerprint density at radius 1 is 1.58 bits per heavy atom. The van der Waals surface area contributed by atoms with Gasteiger partial charge in [-0.3, -0.25) is 0 Å². The van der Waals surface area contributed by atoms with E-state index in [-0.39, 0.29) is 0 Å². The van der Waals surface area contributed by atoms with Gasteiger partial charge in [0.1, 0.15) is 5.76 Å². The highest BCUT2D eigenvalue weighted by Crippen LogP contribution is 2.30. The summed E-state index contributed by atoms with van der Waals surface area (Å²) in [4.78, 5) is 0. The summed E-state index contributed by atoms with van der Waals surface area (Å²) < 4.78 is 10.0. The van der Waals surface area contributed by atoms with Gasteiger partial charge in [-0.05, 0) is 12.2 Å². The number of ether oxygens (including phenoxy) is 2. The summed E-state index contributed by atoms with van der Waals surface area (Å²) in [5, 5.41) is -0.799. The average Bonchev–Trinajstić information content (AvgIpc) is 2.05. The van der Waals surface area contributed by atoms with Gasteiger partial charge in [0.2, 0.25) is 0 Å². The van der Waals surface area contributed by atoms with Gasteiger partial charge >= 0.3 is 0 Å². The molecule has 68 valence electrons. The van der Waals surface area contributed by atoms with Gasteiger partial charge in [0.05, 0.1) is 12.8 Å². The number of nitrogens with two attached hydrogens (primary N) is 1. The Hall–Kier alpha value is -0.670. The summed E-state index contributed by atoms with van der Waals surface area (Å²) in [6.07, 6.45) is 4.02. The molecule has 0 fully saturated rings. The van der Waals surface area contributed by atoms with E-state index in [1.165, 1.54) is 0 Å². The topological polar surface area (TPSA) is 44.5 Å². The first-order valence-corrected chi connectivity index (χ1v) is 3.96. The molecule has 2 N–H and O–H groups in total. The van der Waals surface area contributed by atoms with Gasteiger partial charge in [0, 0.05) is 13.5 Å². The quantitative estimate of drug-likeness (QED) is 0.667. The Balaban J connectivity index is 2.82. The van der Waals surface area contributed by atoms with Crippen molar-refractivity contribution >= 4 is 11.6 Å². The van der Waals surface area contributed by atoms with Crippen LogP contribution in [0.15, 0.2) is 23.6 Å². The van der Waals surface area contributed by atoms with E-state index < -0.39 is 5.06 Å². The van der Waals surface area contributed by atoms with E-state index in [0.717, 1.165) is 0 Å². The van der Waals surface area contributed by atoms with Gasteiger partial charge in [0.25, 0.3) is 0 Å². The molecule has 0 aromatic rings. The highest BCUT2D eigenvalue weighted by atomic mass is 35.5. The van der Waals surface area contributed by atoms with Crippen molar-refractivity contribution in [1.29, 1.82) is 0 Å². The normalized spacial score (nSPS) is 29.2. The Morgan fingerprint density at radius 2 is 2.25 bits per heavy atom. The van der Waals surface area contributed by atoms with Gasteiger partial charge in [0.15, 0.2) is 5.06 Å². The van der Waals surface area contributed by atoms with Crippen LogP contribution in [0, 0.1) is 0 Å². The minimum atomic E-state index is -0.799. The van der Waals surface area contributed by atoms with E-state index >= 15 is 0 Å². The molecule has 3 nitrogen and oxygen atoms in total. The van der Waals surface area contributed by atoms with Gasteiger partial charge in [-0.2, -0.15) is 0 Å². The summed E-state index contributed by atoms with van der Waals surface area (Å²) in [7, 11) is 3.11. The van der Waals surface area contributed by atoms with Crippen LogP contribution in [0.4, 0.5) is 0 Å². The lowest BCUT2D eigenvalue weighted by atomic mass is 10.1. The zero-order valence-electron chi connectivity index (χ0n) is 7.13. The van der Waals surface area contributed by atoms with Crippen LogP contribution < -0.4 is 5.73 Å². The fourth-order valence-corrected chi connectivity index (χ4v) is 1.25. The maximum atomic E-state index is 6.00. The van der Waals surface area contributed by atoms with Gasteiger partial charge in [-0.25, -0.2) is 0 Å². The molecule has 1 aliphatic rings. The second-order valence-corrected chi connectivity index (χ2v) is 3.21. The largest absolute Gasteiger partial charge is 0.495 e. The van der Waals surface area contributed by atoms with E-state index in [2.05, 4.69) is 0 Å². The standard InChI is InChI=1S/C8H12ClNO2/c1-11-7-3-4-8(9,12-2)5-6(7)10/h3,5H,4,10H2,1-2H3. The number of methoxy groups -OCH3 is 2. The molecule has 1 rings (SSSR count). The van der Waals surface area contributed by atoms with Crippen LogP contribution in [0.25, 0.3) is 0 Å². The molecular weight excluding hydrogens is 178 g/mol. The van der Waals surface area contributed by atoms with Gasteiger partial charge in [-0.15, -0.1) is 0 Å². The van der Waals surface area contributed by atoms with Crippen LogP contribution in [-0.4, -0.2) is 19.3 Å². The molecule has 0 saturated carbocycles. The molecule has 0 heterocycles. The van der Waals surface area contributed by atoms with Crippen LogP contribution in [-0.2, 0) is 9.47 Å². The van der Waals surface area contributed by atoms with Crippen LogP contribution in [0.5, 0.6) is 0 Å². The lowest BCUT2D eigenvalue weighted by molar-refractivity contribution is 0.102. The molecule has 0 saturated heterocycles. The molecule has 12 heavy (non-hydrogen) atoms. The zero-order valence-corrected chi connectivity index (χ0v) is 7.89. The molecule has 0 radical (unpaired) electrons. The summed E-state index contributed by atoms with van der Waals surface area (Å²) >= 11 is 6.00. The lowest BCUT2D eigenvalue weighted by Gasteiger charge is -2.25. The van der Waals surface area contributed by atoms with E-state index in [4.69, 9.17) is 26.8 Å². The number of halogens is 1. The Bertz CT molecular complexity index is 237. The smallest absolute Gasteiger partial charge is 0.166 e. The average molecular weight is 190 g/mol. The first kappa shape index (κ1) is 9.42. The summed E-state index contributed by atoms with van der Waals surface area (Å²) in [5.41, 5.74) is 6.16. The van der Waals surface area contributed by atoms with Crippen molar-refractivity contribution in [3.05, 3.63) is 23.6 Å². The van der Waals surface area contributed by atoms with Crippen molar-refractivity contribution < 1.29 is 9.47 Å². The van der Waals surface area contributed by atoms with Crippen LogP contribution in [0.1, 0.15) is 6.42 Å². The predicted octanol–water partition coefficient (Wildman–Crippen LogP) is 1.34. The molecule has 1 aliphatic carbocycles. The first-order chi connectivity index (χ1) is 5.61. The lowest BCUT2D eigenvalue weighted by Crippen LogP contribution is -2.26. The molecule has 0 aromatic heterocycles. The molecule has 1 unspecified atom stereocenters. The third-order valence-electron chi connectivity index (χ3n) is 1.78. The first-order valence-electron chi connectivity index (χ1n) is 3.58. The fourth-order valence-electron chi connectivity index (χ4n) is 1.06. The van der Waals surface area contributed by atoms with Gasteiger partial charge in [-0.1, -0.05) is 11.6 Å². The SMILES string of the molecule is COC1=CCC(Cl)(OC)C=C1N. The van der Waals surface area contributed by atoms with Crippen molar-refractivity contribution in [2.75, 3.05) is 14.2 Å². The molecule has 1 atom stereocenters. The molecule has 0 amide bonds. The predicted molar refractivity (Wildman–Crippen MR) is 47.6 cm³/mol. The maximum Gasteiger partial charge on any atom is 0.166 e. The van der Waals surface area contributed by atoms with Crippen LogP contribution in [0.3, 0.4) is 0 Å². The number of hydrogen-bond donors (Lipinski definition) is 1. The molecule has 4 heteroatoms. The molecule has 0 spiro atoms. The highest BCUT2D eigenvalue weighted by Gasteiger charge is 2.27. The Labute approximate surface area is 76.8 Å². The Morgan fingerprint density at radius 3 is 2.67 bits per heavy atom. The summed E-state index contributed by atoms with van der Waals surface area (Å²) in [5.74, 6) is 0.656. The molecule has 0 bridgehead atoms. The molecular formula is C8H12ClNO2. The minimum Gasteiger partial charge on any atom is -0.495 e. The zero-order chi connectivity index (χ0) is 9.19. The fraction of sp³-hybridized carbons (Fsp3) is 0.500. The van der Waals surface area contributed by atoms with E-state index in [1.807, 2.05) is 6.08 Å². The molecule has 0 aliphatic heterocycles. The van der Waals surface area contributed by atoms with E-state index in [1.54, 1.807) is 20.3 Å². The van der Waals surface area contributed by atoms with E-state index in [9.17, 15) is 0 Å². The maximum absolute atomic E-state index is 6.00. The second-order valence-electron chi connectivity index (χ2n) is 2.57. The minimum absolute atomic E-state index is 0.514. The summed E-state index contributed by atoms with van der Waals surface area (Å²) in [6.45, 7) is 0. The van der Waals surface area contributed by atoms with Crippen molar-refractivity contribution in [3.63, 3.8) is 0 Å². The number of rotatable bonds is 2. The third-order valence-corrected chi connectivity index (χ3v) is 2.20. The monoisotopic (exact) mass is 189 g/mol. The van der Waals surface area contributed by atoms with Crippen molar-refractivity contribution in [2.45, 2.75) is 11.5 Å². The second kappa shape index (κ2) is 3.37. The van der Waals surface area contributed by atoms with Crippen molar-refractivity contribution in [2.24, 2.45) is 5.73 Å². The van der Waals surface area contributed by atoms with E-state index in [0.29, 0.717) is 17.9 Å². The Kier molecular flexibility index (Phi) is 2.65. The van der Waals surface area contributed by atoms with Crippen LogP contribution >= 0.6 is 11.6 Å². The highest BCUT2D eigenvalue weighted by molar-refractivity contribution is 6.24. The van der Waals surface area contributed by atoms with Gasteiger partial charge < -0.3 is 15.2 Å².